The molecule has 4 heterocycles. The maximum absolute atomic E-state index is 11.7. The predicted molar refractivity (Wildman–Crippen MR) is 139 cm³/mol. The maximum atomic E-state index is 11.7. The van der Waals surface area contributed by atoms with Gasteiger partial charge in [-0.2, -0.15) is 0 Å². The lowest BCUT2D eigenvalue weighted by Crippen LogP contribution is -2.38. The number of fused-ring (bicyclic) bond motifs is 1. The minimum Gasteiger partial charge on any atom is -0.492 e. The van der Waals surface area contributed by atoms with Gasteiger partial charge in [0.25, 0.3) is 5.91 Å². The summed E-state index contributed by atoms with van der Waals surface area (Å²) in [6, 6.07) is 11.4. The Labute approximate surface area is 218 Å². The van der Waals surface area contributed by atoms with Crippen molar-refractivity contribution in [3.63, 3.8) is 0 Å². The fourth-order valence-electron chi connectivity index (χ4n) is 5.02. The van der Waals surface area contributed by atoms with Crippen molar-refractivity contribution in [3.05, 3.63) is 69.8 Å². The van der Waals surface area contributed by atoms with Crippen molar-refractivity contribution >= 4 is 22.9 Å². The average Bonchev–Trinajstić information content (AvgIpc) is 3.47. The zero-order valence-corrected chi connectivity index (χ0v) is 21.5. The number of rotatable bonds is 8. The molecule has 10 heteroatoms. The monoisotopic (exact) mass is 519 g/mol. The molecule has 2 N–H and O–H groups in total. The van der Waals surface area contributed by atoms with E-state index in [4.69, 9.17) is 24.6 Å². The van der Waals surface area contributed by atoms with Crippen LogP contribution in [-0.2, 0) is 10.2 Å². The molecular weight excluding hydrogens is 490 g/mol. The van der Waals surface area contributed by atoms with Crippen molar-refractivity contribution in [2.24, 2.45) is 0 Å². The number of pyridine rings is 1. The van der Waals surface area contributed by atoms with E-state index in [9.17, 15) is 4.79 Å². The second-order valence-electron chi connectivity index (χ2n) is 9.58. The maximum Gasteiger partial charge on any atom is 0.274 e. The number of ether oxygens (including phenoxy) is 2. The zero-order chi connectivity index (χ0) is 25.4. The first kappa shape index (κ1) is 24.1. The molecule has 1 saturated heterocycles. The van der Waals surface area contributed by atoms with Gasteiger partial charge in [-0.15, -0.1) is 11.3 Å². The first-order chi connectivity index (χ1) is 18.1. The van der Waals surface area contributed by atoms with Crippen LogP contribution in [0.1, 0.15) is 39.5 Å². The first-order valence-corrected chi connectivity index (χ1v) is 13.4. The van der Waals surface area contributed by atoms with E-state index < -0.39 is 5.91 Å². The largest absolute Gasteiger partial charge is 0.492 e. The molecule has 2 fully saturated rings. The van der Waals surface area contributed by atoms with Crippen molar-refractivity contribution in [2.75, 3.05) is 39.5 Å². The van der Waals surface area contributed by atoms with Crippen LogP contribution >= 0.6 is 11.3 Å². The first-order valence-electron chi connectivity index (χ1n) is 12.5. The number of thiazole rings is 1. The van der Waals surface area contributed by atoms with Gasteiger partial charge in [-0.3, -0.25) is 19.3 Å². The second kappa shape index (κ2) is 9.86. The van der Waals surface area contributed by atoms with Crippen LogP contribution in [0.25, 0.3) is 17.0 Å². The summed E-state index contributed by atoms with van der Waals surface area (Å²) in [5.74, 6) is 0.299. The number of aryl methyl sites for hydroxylation is 1. The number of morpholine rings is 1. The van der Waals surface area contributed by atoms with Gasteiger partial charge in [-0.25, -0.2) is 15.4 Å². The Morgan fingerprint density at radius 2 is 1.97 bits per heavy atom. The molecule has 6 rings (SSSR count). The topological polar surface area (TPSA) is 101 Å². The van der Waals surface area contributed by atoms with E-state index in [0.717, 1.165) is 84.7 Å². The van der Waals surface area contributed by atoms with Gasteiger partial charge in [0.15, 0.2) is 0 Å². The molecule has 1 saturated carbocycles. The third-order valence-electron chi connectivity index (χ3n) is 7.26. The van der Waals surface area contributed by atoms with Crippen LogP contribution in [0.15, 0.2) is 48.0 Å². The van der Waals surface area contributed by atoms with Crippen molar-refractivity contribution in [2.45, 2.75) is 25.2 Å². The summed E-state index contributed by atoms with van der Waals surface area (Å²) in [5.41, 5.74) is 6.78. The van der Waals surface area contributed by atoms with E-state index in [1.807, 2.05) is 37.4 Å². The summed E-state index contributed by atoms with van der Waals surface area (Å²) in [6.07, 6.45) is 4.04. The smallest absolute Gasteiger partial charge is 0.274 e. The van der Waals surface area contributed by atoms with E-state index >= 15 is 0 Å². The molecule has 1 aromatic carbocycles. The fourth-order valence-corrected chi connectivity index (χ4v) is 6.10. The Balaban J connectivity index is 1.20. The number of benzene rings is 1. The molecule has 0 bridgehead atoms. The van der Waals surface area contributed by atoms with Gasteiger partial charge in [-0.1, -0.05) is 12.1 Å². The van der Waals surface area contributed by atoms with E-state index in [0.29, 0.717) is 12.2 Å². The fraction of sp³-hybridized carbons (Fsp3) is 0.370. The Morgan fingerprint density at radius 3 is 2.70 bits per heavy atom. The molecule has 3 aromatic heterocycles. The summed E-state index contributed by atoms with van der Waals surface area (Å²) in [5, 5.41) is 12.0. The Morgan fingerprint density at radius 1 is 1.19 bits per heavy atom. The number of hydroxylamine groups is 1. The molecule has 1 aliphatic heterocycles. The lowest BCUT2D eigenvalue weighted by atomic mass is 9.95. The summed E-state index contributed by atoms with van der Waals surface area (Å²) >= 11 is 1.66. The molecule has 0 atom stereocenters. The second-order valence-corrected chi connectivity index (χ2v) is 10.4. The van der Waals surface area contributed by atoms with Gasteiger partial charge in [0.05, 0.1) is 24.6 Å². The van der Waals surface area contributed by atoms with Gasteiger partial charge in [0, 0.05) is 48.3 Å². The molecular formula is C27H29N5O4S. The molecule has 4 aromatic rings. The van der Waals surface area contributed by atoms with Crippen LogP contribution in [0.4, 0.5) is 0 Å². The van der Waals surface area contributed by atoms with Crippen LogP contribution in [0.2, 0.25) is 0 Å². The number of carbonyl (C=O) groups is 1. The number of imidazole rings is 1. The number of nitrogens with zero attached hydrogens (tertiary/aromatic N) is 4. The van der Waals surface area contributed by atoms with Crippen molar-refractivity contribution in [1.82, 2.24) is 24.7 Å². The molecule has 2 aliphatic rings. The van der Waals surface area contributed by atoms with Crippen molar-refractivity contribution in [1.29, 1.82) is 0 Å². The highest BCUT2D eigenvalue weighted by Crippen LogP contribution is 2.54. The number of carbonyl (C=O) groups excluding carboxylic acids is 1. The summed E-state index contributed by atoms with van der Waals surface area (Å²) in [7, 11) is 0. The summed E-state index contributed by atoms with van der Waals surface area (Å²) in [4.78, 5) is 23.9. The van der Waals surface area contributed by atoms with Gasteiger partial charge in [0.2, 0.25) is 0 Å². The normalized spacial score (nSPS) is 17.1. The average molecular weight is 520 g/mol. The minimum atomic E-state index is -0.512. The van der Waals surface area contributed by atoms with Gasteiger partial charge < -0.3 is 9.47 Å². The highest BCUT2D eigenvalue weighted by atomic mass is 32.1. The number of aromatic nitrogens is 3. The molecule has 192 valence electrons. The van der Waals surface area contributed by atoms with Gasteiger partial charge in [-0.05, 0) is 43.5 Å². The van der Waals surface area contributed by atoms with E-state index in [-0.39, 0.29) is 5.41 Å². The summed E-state index contributed by atoms with van der Waals surface area (Å²) in [6.45, 7) is 7.01. The molecule has 1 aliphatic carbocycles. The van der Waals surface area contributed by atoms with Gasteiger partial charge in [0.1, 0.15) is 28.7 Å². The Kier molecular flexibility index (Phi) is 6.41. The molecule has 37 heavy (non-hydrogen) atoms. The molecule has 0 unspecified atom stereocenters. The SMILES string of the molecule is Cc1nc2cc(OCCN3CCOCC3)ccn2c1-c1csc(C2(c3ccc(C(=O)NO)cc3)CC2)n1. The molecule has 9 nitrogen and oxygen atoms in total. The minimum absolute atomic E-state index is 0.118. The van der Waals surface area contributed by atoms with Crippen molar-refractivity contribution in [3.8, 4) is 17.1 Å². The zero-order valence-electron chi connectivity index (χ0n) is 20.6. The van der Waals surface area contributed by atoms with Crippen molar-refractivity contribution < 1.29 is 19.5 Å². The van der Waals surface area contributed by atoms with Crippen LogP contribution in [0.5, 0.6) is 5.75 Å². The van der Waals surface area contributed by atoms with Crippen LogP contribution in [0, 0.1) is 6.92 Å². The number of nitrogens with one attached hydrogen (secondary N) is 1. The van der Waals surface area contributed by atoms with Crippen LogP contribution in [-0.4, -0.2) is 69.8 Å². The lowest BCUT2D eigenvalue weighted by molar-refractivity contribution is 0.0322. The third kappa shape index (κ3) is 4.61. The highest BCUT2D eigenvalue weighted by Gasteiger charge is 2.48. The van der Waals surface area contributed by atoms with Crippen LogP contribution < -0.4 is 10.2 Å². The molecule has 1 amide bonds. The third-order valence-corrected chi connectivity index (χ3v) is 8.31. The van der Waals surface area contributed by atoms with Gasteiger partial charge >= 0.3 is 0 Å². The Hall–Kier alpha value is -3.31. The van der Waals surface area contributed by atoms with Crippen LogP contribution in [0.3, 0.4) is 0 Å². The molecule has 0 radical (unpaired) electrons. The lowest BCUT2D eigenvalue weighted by Gasteiger charge is -2.26. The van der Waals surface area contributed by atoms with E-state index in [1.165, 1.54) is 0 Å². The summed E-state index contributed by atoms with van der Waals surface area (Å²) < 4.78 is 13.5. The van der Waals surface area contributed by atoms with E-state index in [2.05, 4.69) is 14.7 Å². The van der Waals surface area contributed by atoms with E-state index in [1.54, 1.807) is 28.9 Å². The quantitative estimate of drug-likeness (QED) is 0.271. The predicted octanol–water partition coefficient (Wildman–Crippen LogP) is 3.68. The Bertz CT molecular complexity index is 1420. The highest BCUT2D eigenvalue weighted by molar-refractivity contribution is 7.10. The standard InChI is InChI=1S/C27H29N5O4S/c1-18-24(32-9-6-21(16-23(32)28-18)36-15-12-31-10-13-35-14-11-31)22-17-37-26(29-22)27(7-8-27)20-4-2-19(3-5-20)25(33)30-34/h2-6,9,16-17,34H,7-8,10-15H2,1H3,(H,30,33). The number of amides is 1. The number of hydrogen-bond donors (Lipinski definition) is 2. The molecule has 0 spiro atoms. The number of hydrogen-bond acceptors (Lipinski definition) is 8.